The number of anilines is 9. The lowest BCUT2D eigenvalue weighted by molar-refractivity contribution is -0.384. The average molecular weight is 849 g/mol. The number of nitrogen functional groups attached to an aromatic ring is 1. The van der Waals surface area contributed by atoms with Crippen LogP contribution in [0.15, 0.2) is 122 Å². The number of nitrogens with two attached hydrogens (primary N) is 1. The molecule has 4 aromatic carbocycles. The molecule has 0 amide bonds. The third-order valence-corrected chi connectivity index (χ3v) is 9.08. The topological polar surface area (TPSA) is 245 Å². The van der Waals surface area contributed by atoms with Crippen molar-refractivity contribution < 1.29 is 14.4 Å². The Labute approximate surface area is 363 Å². The standard InChI is InChI=1S/C22H21N7O3.C22H23N7O.CH4/c1-14-8-9-17(29(30)31)11-18(14)24-22-23-12-19(32-13-16-6-4-3-5-7-16)21(26-22)25-20-10-15(2)27-28-20;1-14-8-9-17(23)11-18(14)25-22-24-12-19(30-13-16-6-4-3-5-7-16)21(27-22)26-20-10-15(2)28-29-20;/h3-12H,13H2,1-2H3,(H3,23,24,25,26,27,28);3-12H,13,23H2,1-2H3,(H3,24,25,26,27,28,29);1H4. The van der Waals surface area contributed by atoms with E-state index in [4.69, 9.17) is 15.2 Å². The molecule has 18 heteroatoms. The number of hydrogen-bond donors (Lipinski definition) is 7. The Morgan fingerprint density at radius 3 is 1.52 bits per heavy atom. The zero-order chi connectivity index (χ0) is 43.4. The van der Waals surface area contributed by atoms with Gasteiger partial charge in [-0.2, -0.15) is 20.2 Å². The Hall–Kier alpha value is -8.54. The molecule has 0 aliphatic carbocycles. The summed E-state index contributed by atoms with van der Waals surface area (Å²) in [5.41, 5.74) is 13.7. The van der Waals surface area contributed by atoms with Crippen molar-refractivity contribution in [2.24, 2.45) is 0 Å². The molecule has 8 N–H and O–H groups in total. The number of non-ortho nitro benzene ring substituents is 1. The normalized spacial score (nSPS) is 10.4. The van der Waals surface area contributed by atoms with E-state index in [0.29, 0.717) is 65.3 Å². The first-order valence-corrected chi connectivity index (χ1v) is 19.4. The summed E-state index contributed by atoms with van der Waals surface area (Å²) in [4.78, 5) is 28.5. The van der Waals surface area contributed by atoms with Gasteiger partial charge in [0.05, 0.1) is 23.0 Å². The Bertz CT molecular complexity index is 2760. The van der Waals surface area contributed by atoms with Crippen LogP contribution in [0.2, 0.25) is 0 Å². The highest BCUT2D eigenvalue weighted by Gasteiger charge is 2.15. The molecule has 63 heavy (non-hydrogen) atoms. The van der Waals surface area contributed by atoms with Gasteiger partial charge in [-0.15, -0.1) is 0 Å². The van der Waals surface area contributed by atoms with Crippen molar-refractivity contribution in [3.05, 3.63) is 165 Å². The van der Waals surface area contributed by atoms with Crippen molar-refractivity contribution in [3.63, 3.8) is 0 Å². The molecule has 0 aliphatic rings. The molecule has 0 bridgehead atoms. The van der Waals surface area contributed by atoms with Gasteiger partial charge in [0.2, 0.25) is 11.9 Å². The lowest BCUT2D eigenvalue weighted by Crippen LogP contribution is -2.06. The first kappa shape index (κ1) is 44.0. The minimum atomic E-state index is -0.446. The Balaban J connectivity index is 0.000000207. The molecular formula is C45H48N14O4. The number of H-pyrrole nitrogens is 2. The summed E-state index contributed by atoms with van der Waals surface area (Å²) in [7, 11) is 0. The highest BCUT2D eigenvalue weighted by Crippen LogP contribution is 2.31. The van der Waals surface area contributed by atoms with E-state index in [9.17, 15) is 10.1 Å². The maximum absolute atomic E-state index is 11.1. The maximum atomic E-state index is 11.1. The summed E-state index contributed by atoms with van der Waals surface area (Å²) in [6.45, 7) is 8.40. The number of rotatable bonds is 15. The predicted molar refractivity (Wildman–Crippen MR) is 246 cm³/mol. The minimum absolute atomic E-state index is 0. The molecule has 0 aliphatic heterocycles. The highest BCUT2D eigenvalue weighted by atomic mass is 16.6. The highest BCUT2D eigenvalue weighted by molar-refractivity contribution is 5.68. The van der Waals surface area contributed by atoms with Crippen molar-refractivity contribution in [2.75, 3.05) is 27.0 Å². The molecule has 18 nitrogen and oxygen atoms in total. The van der Waals surface area contributed by atoms with Crippen LogP contribution in [0.3, 0.4) is 0 Å². The second-order valence-corrected chi connectivity index (χ2v) is 14.1. The second-order valence-electron chi connectivity index (χ2n) is 14.1. The summed E-state index contributed by atoms with van der Waals surface area (Å²) < 4.78 is 11.9. The van der Waals surface area contributed by atoms with E-state index in [1.807, 2.05) is 119 Å². The van der Waals surface area contributed by atoms with Gasteiger partial charge in [-0.1, -0.05) is 80.2 Å². The molecule has 0 radical (unpaired) electrons. The Morgan fingerprint density at radius 2 is 1.08 bits per heavy atom. The van der Waals surface area contributed by atoms with Gasteiger partial charge in [-0.3, -0.25) is 20.3 Å². The largest absolute Gasteiger partial charge is 0.483 e. The fourth-order valence-electron chi connectivity index (χ4n) is 5.80. The van der Waals surface area contributed by atoms with Gasteiger partial charge >= 0.3 is 0 Å². The van der Waals surface area contributed by atoms with Crippen LogP contribution in [0.25, 0.3) is 0 Å². The van der Waals surface area contributed by atoms with Crippen LogP contribution in [0.1, 0.15) is 41.1 Å². The molecule has 8 aromatic rings. The Morgan fingerprint density at radius 1 is 0.619 bits per heavy atom. The van der Waals surface area contributed by atoms with E-state index >= 15 is 0 Å². The second kappa shape index (κ2) is 20.6. The van der Waals surface area contributed by atoms with E-state index in [0.717, 1.165) is 39.3 Å². The number of hydrogen-bond acceptors (Lipinski definition) is 15. The number of nitrogens with one attached hydrogen (secondary N) is 6. The minimum Gasteiger partial charge on any atom is -0.483 e. The average Bonchev–Trinajstić information content (AvgIpc) is 3.89. The van der Waals surface area contributed by atoms with Crippen LogP contribution >= 0.6 is 0 Å². The molecular weight excluding hydrogens is 801 g/mol. The maximum Gasteiger partial charge on any atom is 0.271 e. The van der Waals surface area contributed by atoms with E-state index in [1.54, 1.807) is 18.5 Å². The van der Waals surface area contributed by atoms with Crippen LogP contribution in [-0.2, 0) is 13.2 Å². The van der Waals surface area contributed by atoms with Crippen molar-refractivity contribution in [1.29, 1.82) is 0 Å². The molecule has 4 aromatic heterocycles. The van der Waals surface area contributed by atoms with Crippen LogP contribution in [0.5, 0.6) is 11.5 Å². The van der Waals surface area contributed by atoms with Gasteiger partial charge in [-0.05, 0) is 62.1 Å². The number of nitrogens with zero attached hydrogens (tertiary/aromatic N) is 7. The number of nitro benzene ring substituents is 1. The quantitative estimate of drug-likeness (QED) is 0.0288. The summed E-state index contributed by atoms with van der Waals surface area (Å²) in [5, 5.41) is 37.9. The van der Waals surface area contributed by atoms with Crippen LogP contribution in [-0.4, -0.2) is 45.3 Å². The third kappa shape index (κ3) is 12.3. The molecule has 4 heterocycles. The van der Waals surface area contributed by atoms with E-state index in [1.165, 1.54) is 12.1 Å². The molecule has 0 saturated heterocycles. The number of aryl methyl sites for hydroxylation is 4. The molecule has 0 atom stereocenters. The summed E-state index contributed by atoms with van der Waals surface area (Å²) in [6.07, 6.45) is 3.19. The molecule has 0 unspecified atom stereocenters. The van der Waals surface area contributed by atoms with Crippen molar-refractivity contribution >= 4 is 57.9 Å². The zero-order valence-electron chi connectivity index (χ0n) is 34.3. The number of nitro groups is 1. The fourth-order valence-corrected chi connectivity index (χ4v) is 5.80. The number of aromatic amines is 2. The first-order chi connectivity index (χ1) is 30.0. The molecule has 0 spiro atoms. The van der Waals surface area contributed by atoms with Crippen LogP contribution < -0.4 is 36.5 Å². The van der Waals surface area contributed by atoms with Crippen LogP contribution in [0, 0.1) is 37.8 Å². The SMILES string of the molecule is C.Cc1cc(Nc2nc(Nc3cc(N)ccc3C)ncc2OCc2ccccc2)n[nH]1.Cc1cc(Nc2nc(Nc3cc([N+](=O)[O-])ccc3C)ncc2OCc2ccccc2)n[nH]1. The van der Waals surface area contributed by atoms with Gasteiger partial charge in [0.1, 0.15) is 13.2 Å². The third-order valence-electron chi connectivity index (χ3n) is 9.08. The van der Waals surface area contributed by atoms with E-state index in [-0.39, 0.29) is 19.1 Å². The van der Waals surface area contributed by atoms with Gasteiger partial charge in [0, 0.05) is 47.0 Å². The fraction of sp³-hybridized carbons (Fsp3) is 0.156. The van der Waals surface area contributed by atoms with Gasteiger partial charge in [-0.25, -0.2) is 9.97 Å². The predicted octanol–water partition coefficient (Wildman–Crippen LogP) is 9.89. The van der Waals surface area contributed by atoms with Gasteiger partial charge in [0.25, 0.3) is 5.69 Å². The van der Waals surface area contributed by atoms with Gasteiger partial charge < -0.3 is 36.5 Å². The zero-order valence-corrected chi connectivity index (χ0v) is 34.3. The first-order valence-electron chi connectivity index (χ1n) is 19.4. The lowest BCUT2D eigenvalue weighted by Gasteiger charge is -2.14. The van der Waals surface area contributed by atoms with Crippen molar-refractivity contribution in [1.82, 2.24) is 40.3 Å². The van der Waals surface area contributed by atoms with Gasteiger partial charge in [0.15, 0.2) is 34.8 Å². The molecule has 0 saturated carbocycles. The summed E-state index contributed by atoms with van der Waals surface area (Å²) >= 11 is 0. The monoisotopic (exact) mass is 848 g/mol. The summed E-state index contributed by atoms with van der Waals surface area (Å²) in [5.74, 6) is 3.78. The van der Waals surface area contributed by atoms with Crippen LogP contribution in [0.4, 0.5) is 57.9 Å². The van der Waals surface area contributed by atoms with Crippen molar-refractivity contribution in [2.45, 2.75) is 48.3 Å². The number of benzene rings is 4. The number of aromatic nitrogens is 8. The molecule has 322 valence electrons. The molecule has 8 rings (SSSR count). The van der Waals surface area contributed by atoms with E-state index < -0.39 is 4.92 Å². The molecule has 0 fully saturated rings. The number of ether oxygens (including phenoxy) is 2. The summed E-state index contributed by atoms with van der Waals surface area (Å²) in [6, 6.07) is 33.6. The van der Waals surface area contributed by atoms with E-state index in [2.05, 4.69) is 61.6 Å². The lowest BCUT2D eigenvalue weighted by atomic mass is 10.2. The van der Waals surface area contributed by atoms with Crippen molar-refractivity contribution in [3.8, 4) is 11.5 Å². The smallest absolute Gasteiger partial charge is 0.271 e. The Kier molecular flexibility index (Phi) is 14.4.